The zero-order chi connectivity index (χ0) is 13.1. The smallest absolute Gasteiger partial charge is 0.240 e. The van der Waals surface area contributed by atoms with Crippen LogP contribution in [0.25, 0.3) is 0 Å². The Hall–Kier alpha value is -1.32. The van der Waals surface area contributed by atoms with Gasteiger partial charge in [-0.1, -0.05) is 13.8 Å². The molecule has 1 aromatic heterocycles. The first kappa shape index (κ1) is 13.1. The van der Waals surface area contributed by atoms with Gasteiger partial charge in [-0.3, -0.25) is 4.79 Å². The molecule has 18 heavy (non-hydrogen) atoms. The fourth-order valence-electron chi connectivity index (χ4n) is 2.23. The van der Waals surface area contributed by atoms with E-state index in [1.807, 2.05) is 17.7 Å². The zero-order valence-corrected chi connectivity index (χ0v) is 11.6. The minimum absolute atomic E-state index is 0.108. The van der Waals surface area contributed by atoms with Gasteiger partial charge in [0.15, 0.2) is 0 Å². The maximum absolute atomic E-state index is 11.8. The SMILES string of the molecule is Cc1nc(CC(C)C)cn1CC(=O)NC1CCC1. The second-order valence-electron chi connectivity index (χ2n) is 5.70. The van der Waals surface area contributed by atoms with Crippen molar-refractivity contribution in [1.82, 2.24) is 14.9 Å². The Kier molecular flexibility index (Phi) is 4.04. The van der Waals surface area contributed by atoms with Gasteiger partial charge in [-0.25, -0.2) is 4.98 Å². The van der Waals surface area contributed by atoms with Gasteiger partial charge in [0.25, 0.3) is 0 Å². The molecule has 100 valence electrons. The molecule has 0 spiro atoms. The van der Waals surface area contributed by atoms with E-state index in [9.17, 15) is 4.79 Å². The standard InChI is InChI=1S/C14H23N3O/c1-10(2)7-13-8-17(11(3)15-13)9-14(18)16-12-5-4-6-12/h8,10,12H,4-7,9H2,1-3H3,(H,16,18). The Morgan fingerprint density at radius 2 is 2.28 bits per heavy atom. The molecule has 1 aliphatic rings. The number of nitrogens with one attached hydrogen (secondary N) is 1. The van der Waals surface area contributed by atoms with Crippen LogP contribution in [0, 0.1) is 12.8 Å². The lowest BCUT2D eigenvalue weighted by Gasteiger charge is -2.26. The molecule has 4 nitrogen and oxygen atoms in total. The first-order valence-corrected chi connectivity index (χ1v) is 6.86. The van der Waals surface area contributed by atoms with E-state index in [1.165, 1.54) is 6.42 Å². The topological polar surface area (TPSA) is 46.9 Å². The summed E-state index contributed by atoms with van der Waals surface area (Å²) in [4.78, 5) is 16.3. The monoisotopic (exact) mass is 249 g/mol. The fourth-order valence-corrected chi connectivity index (χ4v) is 2.23. The first-order valence-electron chi connectivity index (χ1n) is 6.86. The van der Waals surface area contributed by atoms with E-state index in [1.54, 1.807) is 0 Å². The molecule has 0 saturated heterocycles. The lowest BCUT2D eigenvalue weighted by Crippen LogP contribution is -2.41. The van der Waals surface area contributed by atoms with Crippen molar-refractivity contribution in [3.05, 3.63) is 17.7 Å². The van der Waals surface area contributed by atoms with Crippen molar-refractivity contribution in [2.75, 3.05) is 0 Å². The van der Waals surface area contributed by atoms with Crippen LogP contribution in [0.1, 0.15) is 44.6 Å². The number of aromatic nitrogens is 2. The summed E-state index contributed by atoms with van der Waals surface area (Å²) in [6, 6.07) is 0.413. The predicted molar refractivity (Wildman–Crippen MR) is 71.3 cm³/mol. The molecule has 0 radical (unpaired) electrons. The Bertz CT molecular complexity index is 419. The summed E-state index contributed by atoms with van der Waals surface area (Å²) in [6.07, 6.45) is 6.49. The van der Waals surface area contributed by atoms with Gasteiger partial charge in [-0.2, -0.15) is 0 Å². The van der Waals surface area contributed by atoms with E-state index in [0.717, 1.165) is 30.8 Å². The van der Waals surface area contributed by atoms with Crippen LogP contribution >= 0.6 is 0 Å². The van der Waals surface area contributed by atoms with Gasteiger partial charge < -0.3 is 9.88 Å². The maximum atomic E-state index is 11.8. The van der Waals surface area contributed by atoms with Crippen molar-refractivity contribution in [1.29, 1.82) is 0 Å². The van der Waals surface area contributed by atoms with Crippen LogP contribution in [-0.4, -0.2) is 21.5 Å². The quantitative estimate of drug-likeness (QED) is 0.868. The van der Waals surface area contributed by atoms with Crippen LogP contribution in [0.3, 0.4) is 0 Å². The minimum Gasteiger partial charge on any atom is -0.352 e. The van der Waals surface area contributed by atoms with Crippen molar-refractivity contribution in [2.45, 2.75) is 59.0 Å². The average molecular weight is 249 g/mol. The summed E-state index contributed by atoms with van der Waals surface area (Å²) in [5, 5.41) is 3.05. The summed E-state index contributed by atoms with van der Waals surface area (Å²) in [5.74, 6) is 1.63. The van der Waals surface area contributed by atoms with E-state index in [2.05, 4.69) is 24.1 Å². The third-order valence-electron chi connectivity index (χ3n) is 3.43. The Balaban J connectivity index is 1.91. The summed E-state index contributed by atoms with van der Waals surface area (Å²) in [5.41, 5.74) is 1.08. The second-order valence-corrected chi connectivity index (χ2v) is 5.70. The predicted octanol–water partition coefficient (Wildman–Crippen LogP) is 2.06. The molecular formula is C14H23N3O. The molecule has 2 rings (SSSR count). The lowest BCUT2D eigenvalue weighted by molar-refractivity contribution is -0.122. The van der Waals surface area contributed by atoms with Crippen LogP contribution in [0.15, 0.2) is 6.20 Å². The van der Waals surface area contributed by atoms with Crippen molar-refractivity contribution >= 4 is 5.91 Å². The molecule has 1 N–H and O–H groups in total. The number of amides is 1. The highest BCUT2D eigenvalue weighted by Gasteiger charge is 2.19. The third-order valence-corrected chi connectivity index (χ3v) is 3.43. The van der Waals surface area contributed by atoms with Crippen molar-refractivity contribution in [2.24, 2.45) is 5.92 Å². The van der Waals surface area contributed by atoms with Crippen LogP contribution in [0.5, 0.6) is 0 Å². The second kappa shape index (κ2) is 5.55. The van der Waals surface area contributed by atoms with Crippen LogP contribution in [0.2, 0.25) is 0 Å². The van der Waals surface area contributed by atoms with Gasteiger partial charge in [0.05, 0.1) is 5.69 Å². The van der Waals surface area contributed by atoms with Crippen LogP contribution < -0.4 is 5.32 Å². The molecule has 0 unspecified atom stereocenters. The summed E-state index contributed by atoms with van der Waals surface area (Å²) in [6.45, 7) is 6.71. The molecule has 1 aliphatic carbocycles. The third kappa shape index (κ3) is 3.34. The number of nitrogens with zero attached hydrogens (tertiary/aromatic N) is 2. The van der Waals surface area contributed by atoms with Gasteiger partial charge in [0.1, 0.15) is 12.4 Å². The van der Waals surface area contributed by atoms with Crippen molar-refractivity contribution < 1.29 is 4.79 Å². The number of carbonyl (C=O) groups excluding carboxylic acids is 1. The van der Waals surface area contributed by atoms with Crippen molar-refractivity contribution in [3.8, 4) is 0 Å². The van der Waals surface area contributed by atoms with Gasteiger partial charge in [0, 0.05) is 12.2 Å². The number of imidazole rings is 1. The molecule has 0 bridgehead atoms. The van der Waals surface area contributed by atoms with Gasteiger partial charge in [0.2, 0.25) is 5.91 Å². The number of carbonyl (C=O) groups is 1. The molecule has 1 fully saturated rings. The largest absolute Gasteiger partial charge is 0.352 e. The van der Waals surface area contributed by atoms with Gasteiger partial charge in [-0.15, -0.1) is 0 Å². The molecule has 0 aromatic carbocycles. The number of hydrogen-bond donors (Lipinski definition) is 1. The molecule has 0 atom stereocenters. The lowest BCUT2D eigenvalue weighted by atomic mass is 9.93. The van der Waals surface area contributed by atoms with Crippen LogP contribution in [0.4, 0.5) is 0 Å². The van der Waals surface area contributed by atoms with Crippen LogP contribution in [-0.2, 0) is 17.8 Å². The highest BCUT2D eigenvalue weighted by Crippen LogP contribution is 2.18. The maximum Gasteiger partial charge on any atom is 0.240 e. The molecular weight excluding hydrogens is 226 g/mol. The van der Waals surface area contributed by atoms with Crippen molar-refractivity contribution in [3.63, 3.8) is 0 Å². The first-order chi connectivity index (χ1) is 8.54. The number of hydrogen-bond acceptors (Lipinski definition) is 2. The molecule has 4 heteroatoms. The Labute approximate surface area is 109 Å². The summed E-state index contributed by atoms with van der Waals surface area (Å²) in [7, 11) is 0. The fraction of sp³-hybridized carbons (Fsp3) is 0.714. The Morgan fingerprint density at radius 1 is 1.56 bits per heavy atom. The highest BCUT2D eigenvalue weighted by molar-refractivity contribution is 5.76. The molecule has 1 amide bonds. The van der Waals surface area contributed by atoms with E-state index in [-0.39, 0.29) is 5.91 Å². The minimum atomic E-state index is 0.108. The van der Waals surface area contributed by atoms with E-state index in [0.29, 0.717) is 18.5 Å². The zero-order valence-electron chi connectivity index (χ0n) is 11.6. The van der Waals surface area contributed by atoms with Gasteiger partial charge in [-0.05, 0) is 38.5 Å². The van der Waals surface area contributed by atoms with Gasteiger partial charge >= 0.3 is 0 Å². The molecule has 0 aliphatic heterocycles. The highest BCUT2D eigenvalue weighted by atomic mass is 16.2. The normalized spacial score (nSPS) is 15.8. The van der Waals surface area contributed by atoms with E-state index >= 15 is 0 Å². The number of rotatable bonds is 5. The number of aryl methyl sites for hydroxylation is 1. The molecule has 1 heterocycles. The average Bonchev–Trinajstić information content (AvgIpc) is 2.52. The van der Waals surface area contributed by atoms with E-state index < -0.39 is 0 Å². The van der Waals surface area contributed by atoms with E-state index in [4.69, 9.17) is 0 Å². The molecule has 1 aromatic rings. The Morgan fingerprint density at radius 3 is 2.83 bits per heavy atom. The molecule has 1 saturated carbocycles. The summed E-state index contributed by atoms with van der Waals surface area (Å²) >= 11 is 0. The summed E-state index contributed by atoms with van der Waals surface area (Å²) < 4.78 is 1.95.